The van der Waals surface area contributed by atoms with E-state index in [2.05, 4.69) is 45.5 Å². The summed E-state index contributed by atoms with van der Waals surface area (Å²) in [6.07, 6.45) is 2.49. The lowest BCUT2D eigenvalue weighted by atomic mass is 10.1. The molecule has 0 radical (unpaired) electrons. The van der Waals surface area contributed by atoms with Crippen molar-refractivity contribution in [1.29, 1.82) is 0 Å². The van der Waals surface area contributed by atoms with E-state index in [1.807, 2.05) is 7.05 Å². The van der Waals surface area contributed by atoms with E-state index in [4.69, 9.17) is 4.74 Å². The van der Waals surface area contributed by atoms with Gasteiger partial charge in [0.15, 0.2) is 5.96 Å². The van der Waals surface area contributed by atoms with Crippen molar-refractivity contribution in [3.63, 3.8) is 0 Å². The van der Waals surface area contributed by atoms with E-state index in [9.17, 15) is 0 Å². The number of hydrogen-bond donors (Lipinski definition) is 1. The Labute approximate surface area is 156 Å². The van der Waals surface area contributed by atoms with Gasteiger partial charge >= 0.3 is 0 Å². The molecule has 3 rings (SSSR count). The summed E-state index contributed by atoms with van der Waals surface area (Å²) in [6, 6.07) is 10.9. The molecule has 1 heterocycles. The van der Waals surface area contributed by atoms with Crippen molar-refractivity contribution in [3.05, 3.63) is 35.9 Å². The van der Waals surface area contributed by atoms with Crippen molar-refractivity contribution in [3.8, 4) is 0 Å². The van der Waals surface area contributed by atoms with Crippen molar-refractivity contribution in [2.75, 3.05) is 40.4 Å². The molecule has 2 fully saturated rings. The number of halogens is 1. The molecule has 0 spiro atoms. The van der Waals surface area contributed by atoms with E-state index in [0.29, 0.717) is 5.92 Å². The Hall–Kier alpha value is -0.820. The predicted molar refractivity (Wildman–Crippen MR) is 106 cm³/mol. The molecular weight excluding hydrogens is 401 g/mol. The second-order valence-electron chi connectivity index (χ2n) is 6.50. The highest BCUT2D eigenvalue weighted by Crippen LogP contribution is 2.46. The van der Waals surface area contributed by atoms with Crippen LogP contribution in [-0.2, 0) is 4.74 Å². The average molecular weight is 429 g/mol. The van der Waals surface area contributed by atoms with Crippen LogP contribution in [0, 0.1) is 11.8 Å². The number of likely N-dealkylation sites (tertiary alicyclic amines) is 1. The lowest BCUT2D eigenvalue weighted by Gasteiger charge is -2.21. The zero-order chi connectivity index (χ0) is 15.4. The van der Waals surface area contributed by atoms with E-state index in [-0.39, 0.29) is 24.0 Å². The Bertz CT molecular complexity index is 508. The van der Waals surface area contributed by atoms with Gasteiger partial charge in [-0.1, -0.05) is 30.3 Å². The summed E-state index contributed by atoms with van der Waals surface area (Å²) in [5, 5.41) is 3.57. The van der Waals surface area contributed by atoms with Gasteiger partial charge in [0.1, 0.15) is 0 Å². The quantitative estimate of drug-likeness (QED) is 0.444. The summed E-state index contributed by atoms with van der Waals surface area (Å²) in [6.45, 7) is 4.02. The third-order valence-electron chi connectivity index (χ3n) is 4.87. The topological polar surface area (TPSA) is 36.9 Å². The standard InChI is InChI=1S/C18H27N3O.HI/c1-19-18(21-9-8-14(12-21)13-22-2)20-11-16-10-17(16)15-6-4-3-5-7-15;/h3-7,14,16-17H,8-13H2,1-2H3,(H,19,20);1H. The third kappa shape index (κ3) is 4.83. The van der Waals surface area contributed by atoms with Crippen LogP contribution < -0.4 is 5.32 Å². The highest BCUT2D eigenvalue weighted by molar-refractivity contribution is 14.0. The van der Waals surface area contributed by atoms with E-state index in [0.717, 1.165) is 44.0 Å². The van der Waals surface area contributed by atoms with Gasteiger partial charge in [-0.2, -0.15) is 0 Å². The number of ether oxygens (including phenoxy) is 1. The summed E-state index contributed by atoms with van der Waals surface area (Å²) < 4.78 is 5.27. The number of nitrogens with zero attached hydrogens (tertiary/aromatic N) is 2. The minimum atomic E-state index is 0. The Morgan fingerprint density at radius 2 is 2.13 bits per heavy atom. The summed E-state index contributed by atoms with van der Waals surface area (Å²) >= 11 is 0. The maximum Gasteiger partial charge on any atom is 0.193 e. The van der Waals surface area contributed by atoms with Crippen molar-refractivity contribution in [2.24, 2.45) is 16.8 Å². The van der Waals surface area contributed by atoms with Crippen LogP contribution in [0.3, 0.4) is 0 Å². The van der Waals surface area contributed by atoms with E-state index < -0.39 is 0 Å². The Morgan fingerprint density at radius 1 is 1.35 bits per heavy atom. The summed E-state index contributed by atoms with van der Waals surface area (Å²) in [5.41, 5.74) is 1.48. The number of aliphatic imine (C=N–C) groups is 1. The monoisotopic (exact) mass is 429 g/mol. The van der Waals surface area contributed by atoms with E-state index in [1.165, 1.54) is 18.4 Å². The fourth-order valence-electron chi connectivity index (χ4n) is 3.53. The maximum atomic E-state index is 5.27. The number of guanidine groups is 1. The lowest BCUT2D eigenvalue weighted by molar-refractivity contribution is 0.157. The molecule has 0 amide bonds. The van der Waals surface area contributed by atoms with Crippen LogP contribution in [0.4, 0.5) is 0 Å². The SMILES string of the molecule is CN=C(NCC1CC1c1ccccc1)N1CCC(COC)C1.I. The molecule has 1 aliphatic heterocycles. The van der Waals surface area contributed by atoms with Gasteiger partial charge in [-0.3, -0.25) is 4.99 Å². The maximum absolute atomic E-state index is 5.27. The molecule has 4 nitrogen and oxygen atoms in total. The molecule has 0 bridgehead atoms. The average Bonchev–Trinajstić information content (AvgIpc) is 3.19. The number of nitrogens with one attached hydrogen (secondary N) is 1. The molecule has 1 saturated carbocycles. The molecule has 23 heavy (non-hydrogen) atoms. The van der Waals surface area contributed by atoms with Gasteiger partial charge in [0.05, 0.1) is 6.61 Å². The first-order valence-electron chi connectivity index (χ1n) is 8.31. The van der Waals surface area contributed by atoms with Gasteiger partial charge in [-0.15, -0.1) is 24.0 Å². The zero-order valence-corrected chi connectivity index (χ0v) is 16.4. The minimum absolute atomic E-state index is 0. The molecule has 1 aliphatic carbocycles. The zero-order valence-electron chi connectivity index (χ0n) is 14.1. The first-order chi connectivity index (χ1) is 10.8. The van der Waals surface area contributed by atoms with Gasteiger partial charge in [-0.05, 0) is 30.2 Å². The highest BCUT2D eigenvalue weighted by Gasteiger charge is 2.38. The van der Waals surface area contributed by atoms with Gasteiger partial charge in [-0.25, -0.2) is 0 Å². The largest absolute Gasteiger partial charge is 0.384 e. The van der Waals surface area contributed by atoms with Crippen LogP contribution in [0.15, 0.2) is 35.3 Å². The number of benzene rings is 1. The fraction of sp³-hybridized carbons (Fsp3) is 0.611. The summed E-state index contributed by atoms with van der Waals surface area (Å²) in [5.74, 6) is 3.17. The van der Waals surface area contributed by atoms with Crippen LogP contribution in [0.2, 0.25) is 0 Å². The van der Waals surface area contributed by atoms with Crippen LogP contribution in [0.5, 0.6) is 0 Å². The number of rotatable bonds is 5. The van der Waals surface area contributed by atoms with Gasteiger partial charge < -0.3 is 15.0 Å². The van der Waals surface area contributed by atoms with Gasteiger partial charge in [0.2, 0.25) is 0 Å². The molecule has 3 unspecified atom stereocenters. The molecule has 0 aromatic heterocycles. The molecular formula is C18H28IN3O. The fourth-order valence-corrected chi connectivity index (χ4v) is 3.53. The van der Waals surface area contributed by atoms with Crippen molar-refractivity contribution in [2.45, 2.75) is 18.8 Å². The predicted octanol–water partition coefficient (Wildman–Crippen LogP) is 2.95. The van der Waals surface area contributed by atoms with Crippen LogP contribution >= 0.6 is 24.0 Å². The minimum Gasteiger partial charge on any atom is -0.384 e. The van der Waals surface area contributed by atoms with Crippen molar-refractivity contribution >= 4 is 29.9 Å². The van der Waals surface area contributed by atoms with Crippen LogP contribution in [0.25, 0.3) is 0 Å². The van der Waals surface area contributed by atoms with Crippen molar-refractivity contribution in [1.82, 2.24) is 10.2 Å². The van der Waals surface area contributed by atoms with E-state index in [1.54, 1.807) is 7.11 Å². The molecule has 3 atom stereocenters. The normalized spacial score (nSPS) is 26.8. The molecule has 1 N–H and O–H groups in total. The molecule has 1 aromatic carbocycles. The van der Waals surface area contributed by atoms with Gasteiger partial charge in [0, 0.05) is 39.7 Å². The lowest BCUT2D eigenvalue weighted by Crippen LogP contribution is -2.41. The highest BCUT2D eigenvalue weighted by atomic mass is 127. The third-order valence-corrected chi connectivity index (χ3v) is 4.87. The Balaban J connectivity index is 0.00000192. The first-order valence-corrected chi connectivity index (χ1v) is 8.31. The molecule has 128 valence electrons. The summed E-state index contributed by atoms with van der Waals surface area (Å²) in [7, 11) is 3.67. The summed E-state index contributed by atoms with van der Waals surface area (Å²) in [4.78, 5) is 6.82. The smallest absolute Gasteiger partial charge is 0.193 e. The number of hydrogen-bond acceptors (Lipinski definition) is 2. The first kappa shape index (κ1) is 18.5. The van der Waals surface area contributed by atoms with Crippen LogP contribution in [-0.4, -0.2) is 51.3 Å². The van der Waals surface area contributed by atoms with Gasteiger partial charge in [0.25, 0.3) is 0 Å². The van der Waals surface area contributed by atoms with Crippen LogP contribution in [0.1, 0.15) is 24.3 Å². The molecule has 2 aliphatic rings. The molecule has 5 heteroatoms. The Kier molecular flexibility index (Phi) is 7.14. The van der Waals surface area contributed by atoms with Crippen molar-refractivity contribution < 1.29 is 4.74 Å². The number of methoxy groups -OCH3 is 1. The second-order valence-corrected chi connectivity index (χ2v) is 6.50. The second kappa shape index (κ2) is 8.87. The Morgan fingerprint density at radius 3 is 2.83 bits per heavy atom. The molecule has 1 saturated heterocycles. The molecule has 1 aromatic rings. The van der Waals surface area contributed by atoms with E-state index >= 15 is 0 Å².